The number of carboxylic acid groups (broad SMARTS) is 1. The van der Waals surface area contributed by atoms with Crippen LogP contribution in [-0.2, 0) is 11.8 Å². The molecule has 2 aromatic carbocycles. The summed E-state index contributed by atoms with van der Waals surface area (Å²) in [5.41, 5.74) is 3.47. The van der Waals surface area contributed by atoms with Gasteiger partial charge < -0.3 is 15.0 Å². The first kappa shape index (κ1) is 19.5. The SMILES string of the molecule is Cn1cc(C(=O)Nc2ccc([C@H]3CC[C@H](C(=O)O)CC3)cc2)c2cc(Cl)ccc21. The lowest BCUT2D eigenvalue weighted by molar-refractivity contribution is -0.142. The van der Waals surface area contributed by atoms with E-state index in [0.29, 0.717) is 16.5 Å². The Morgan fingerprint density at radius 2 is 1.76 bits per heavy atom. The Morgan fingerprint density at radius 1 is 1.07 bits per heavy atom. The molecule has 4 rings (SSSR count). The van der Waals surface area contributed by atoms with Crippen molar-refractivity contribution in [3.63, 3.8) is 0 Å². The van der Waals surface area contributed by atoms with Gasteiger partial charge in [0.1, 0.15) is 0 Å². The minimum atomic E-state index is -0.684. The fourth-order valence-electron chi connectivity index (χ4n) is 4.26. The Hall–Kier alpha value is -2.79. The number of fused-ring (bicyclic) bond motifs is 1. The van der Waals surface area contributed by atoms with Gasteiger partial charge in [-0.15, -0.1) is 0 Å². The first-order valence-electron chi connectivity index (χ1n) is 9.81. The molecule has 0 spiro atoms. The van der Waals surface area contributed by atoms with E-state index in [1.165, 1.54) is 5.56 Å². The zero-order valence-corrected chi connectivity index (χ0v) is 16.9. The van der Waals surface area contributed by atoms with Crippen LogP contribution in [0.5, 0.6) is 0 Å². The summed E-state index contributed by atoms with van der Waals surface area (Å²) in [4.78, 5) is 23.9. The second kappa shape index (κ2) is 7.91. The van der Waals surface area contributed by atoms with E-state index in [4.69, 9.17) is 16.7 Å². The number of halogens is 1. The summed E-state index contributed by atoms with van der Waals surface area (Å²) in [6.07, 6.45) is 5.04. The highest BCUT2D eigenvalue weighted by atomic mass is 35.5. The fourth-order valence-corrected chi connectivity index (χ4v) is 4.43. The Balaban J connectivity index is 1.46. The minimum Gasteiger partial charge on any atom is -0.481 e. The number of benzene rings is 2. The molecule has 3 aromatic rings. The Labute approximate surface area is 174 Å². The number of aromatic nitrogens is 1. The van der Waals surface area contributed by atoms with Crippen molar-refractivity contribution in [1.29, 1.82) is 0 Å². The Bertz CT molecular complexity index is 1060. The monoisotopic (exact) mass is 410 g/mol. The molecule has 0 radical (unpaired) electrons. The molecule has 29 heavy (non-hydrogen) atoms. The first-order chi connectivity index (χ1) is 13.9. The lowest BCUT2D eigenvalue weighted by atomic mass is 9.79. The van der Waals surface area contributed by atoms with E-state index < -0.39 is 5.97 Å². The van der Waals surface area contributed by atoms with Crippen molar-refractivity contribution in [1.82, 2.24) is 4.57 Å². The Morgan fingerprint density at radius 3 is 2.41 bits per heavy atom. The van der Waals surface area contributed by atoms with Crippen LogP contribution in [0.4, 0.5) is 5.69 Å². The van der Waals surface area contributed by atoms with E-state index in [1.807, 2.05) is 60.3 Å². The van der Waals surface area contributed by atoms with Crippen LogP contribution >= 0.6 is 11.6 Å². The predicted molar refractivity (Wildman–Crippen MR) is 115 cm³/mol. The highest BCUT2D eigenvalue weighted by Crippen LogP contribution is 2.36. The number of amides is 1. The zero-order valence-electron chi connectivity index (χ0n) is 16.2. The third-order valence-electron chi connectivity index (χ3n) is 5.91. The molecule has 0 aliphatic heterocycles. The molecule has 5 nitrogen and oxygen atoms in total. The molecule has 150 valence electrons. The van der Waals surface area contributed by atoms with Gasteiger partial charge in [-0.2, -0.15) is 0 Å². The van der Waals surface area contributed by atoms with Crippen LogP contribution in [0.3, 0.4) is 0 Å². The van der Waals surface area contributed by atoms with Crippen LogP contribution in [-0.4, -0.2) is 21.6 Å². The van der Waals surface area contributed by atoms with Gasteiger partial charge >= 0.3 is 5.97 Å². The Kier molecular flexibility index (Phi) is 5.33. The standard InChI is InChI=1S/C23H23ClN2O3/c1-26-13-20(19-12-17(24)8-11-21(19)26)22(27)25-18-9-6-15(7-10-18)14-2-4-16(5-3-14)23(28)29/h6-14,16H,2-5H2,1H3,(H,25,27)(H,28,29)/t14-,16-. The molecule has 1 saturated carbocycles. The highest BCUT2D eigenvalue weighted by molar-refractivity contribution is 6.31. The predicted octanol–water partition coefficient (Wildman–Crippen LogP) is 5.44. The van der Waals surface area contributed by atoms with Gasteiger partial charge in [-0.25, -0.2) is 0 Å². The molecular weight excluding hydrogens is 388 g/mol. The summed E-state index contributed by atoms with van der Waals surface area (Å²) in [7, 11) is 1.90. The number of aryl methyl sites for hydroxylation is 1. The maximum atomic E-state index is 12.8. The summed E-state index contributed by atoms with van der Waals surface area (Å²) in [5, 5.41) is 13.5. The molecule has 1 fully saturated rings. The molecule has 2 N–H and O–H groups in total. The van der Waals surface area contributed by atoms with E-state index in [0.717, 1.165) is 42.3 Å². The fraction of sp³-hybridized carbons (Fsp3) is 0.304. The van der Waals surface area contributed by atoms with E-state index in [9.17, 15) is 9.59 Å². The minimum absolute atomic E-state index is 0.174. The lowest BCUT2D eigenvalue weighted by Crippen LogP contribution is -2.20. The summed E-state index contributed by atoms with van der Waals surface area (Å²) in [6.45, 7) is 0. The molecule has 0 unspecified atom stereocenters. The number of hydrogen-bond donors (Lipinski definition) is 2. The maximum absolute atomic E-state index is 12.8. The number of carbonyl (C=O) groups excluding carboxylic acids is 1. The van der Waals surface area contributed by atoms with Gasteiger partial charge in [-0.3, -0.25) is 9.59 Å². The van der Waals surface area contributed by atoms with E-state index in [1.54, 1.807) is 0 Å². The lowest BCUT2D eigenvalue weighted by Gasteiger charge is -2.26. The average Bonchev–Trinajstić information content (AvgIpc) is 3.04. The quantitative estimate of drug-likeness (QED) is 0.601. The largest absolute Gasteiger partial charge is 0.481 e. The smallest absolute Gasteiger partial charge is 0.306 e. The summed E-state index contributed by atoms with van der Waals surface area (Å²) in [5.74, 6) is -0.682. The first-order valence-corrected chi connectivity index (χ1v) is 10.2. The van der Waals surface area contributed by atoms with E-state index >= 15 is 0 Å². The van der Waals surface area contributed by atoms with Gasteiger partial charge in [-0.05, 0) is 67.5 Å². The number of anilines is 1. The number of nitrogens with one attached hydrogen (secondary N) is 1. The number of hydrogen-bond acceptors (Lipinski definition) is 2. The van der Waals surface area contributed by atoms with Crippen LogP contribution in [0.15, 0.2) is 48.7 Å². The molecule has 0 bridgehead atoms. The number of rotatable bonds is 4. The van der Waals surface area contributed by atoms with Crippen molar-refractivity contribution in [3.8, 4) is 0 Å². The number of aliphatic carboxylic acids is 1. The molecule has 1 aliphatic rings. The van der Waals surface area contributed by atoms with E-state index in [2.05, 4.69) is 5.32 Å². The van der Waals surface area contributed by atoms with Crippen molar-refractivity contribution < 1.29 is 14.7 Å². The second-order valence-corrected chi connectivity index (χ2v) is 8.21. The molecule has 0 atom stereocenters. The number of nitrogens with zero attached hydrogens (tertiary/aromatic N) is 1. The number of carbonyl (C=O) groups is 2. The third-order valence-corrected chi connectivity index (χ3v) is 6.15. The number of carboxylic acids is 1. The highest BCUT2D eigenvalue weighted by Gasteiger charge is 2.26. The van der Waals surface area contributed by atoms with Crippen molar-refractivity contribution in [2.45, 2.75) is 31.6 Å². The van der Waals surface area contributed by atoms with Gasteiger partial charge in [0.2, 0.25) is 0 Å². The van der Waals surface area contributed by atoms with Gasteiger partial charge in [-0.1, -0.05) is 23.7 Å². The molecule has 6 heteroatoms. The topological polar surface area (TPSA) is 71.3 Å². The molecular formula is C23H23ClN2O3. The molecule has 1 amide bonds. The normalized spacial score (nSPS) is 19.2. The van der Waals surface area contributed by atoms with Crippen molar-refractivity contribution in [3.05, 3.63) is 64.8 Å². The van der Waals surface area contributed by atoms with Gasteiger partial charge in [0.15, 0.2) is 0 Å². The van der Waals surface area contributed by atoms with Gasteiger partial charge in [0, 0.05) is 34.9 Å². The van der Waals surface area contributed by atoms with E-state index in [-0.39, 0.29) is 11.8 Å². The molecule has 1 heterocycles. The van der Waals surface area contributed by atoms with Crippen LogP contribution in [0.25, 0.3) is 10.9 Å². The van der Waals surface area contributed by atoms with Gasteiger partial charge in [0.25, 0.3) is 5.91 Å². The van der Waals surface area contributed by atoms with Crippen molar-refractivity contribution in [2.24, 2.45) is 13.0 Å². The third kappa shape index (κ3) is 4.01. The van der Waals surface area contributed by atoms with Crippen LogP contribution in [0.1, 0.15) is 47.5 Å². The molecule has 1 aromatic heterocycles. The van der Waals surface area contributed by atoms with Crippen LogP contribution in [0, 0.1) is 5.92 Å². The molecule has 0 saturated heterocycles. The summed E-state index contributed by atoms with van der Waals surface area (Å²) >= 11 is 6.11. The van der Waals surface area contributed by atoms with Crippen LogP contribution < -0.4 is 5.32 Å². The summed E-state index contributed by atoms with van der Waals surface area (Å²) < 4.78 is 1.91. The molecule has 1 aliphatic carbocycles. The van der Waals surface area contributed by atoms with Crippen molar-refractivity contribution >= 4 is 40.1 Å². The van der Waals surface area contributed by atoms with Gasteiger partial charge in [0.05, 0.1) is 11.5 Å². The van der Waals surface area contributed by atoms with Crippen molar-refractivity contribution in [2.75, 3.05) is 5.32 Å². The average molecular weight is 411 g/mol. The van der Waals surface area contributed by atoms with Crippen LogP contribution in [0.2, 0.25) is 5.02 Å². The zero-order chi connectivity index (χ0) is 20.5. The summed E-state index contributed by atoms with van der Waals surface area (Å²) in [6, 6.07) is 13.4. The maximum Gasteiger partial charge on any atom is 0.306 e. The second-order valence-electron chi connectivity index (χ2n) is 7.78.